The number of aromatic nitrogens is 4. The maximum Gasteiger partial charge on any atom is 0.256 e. The van der Waals surface area contributed by atoms with Crippen LogP contribution in [0.25, 0.3) is 21.6 Å². The van der Waals surface area contributed by atoms with Crippen molar-refractivity contribution in [3.63, 3.8) is 0 Å². The van der Waals surface area contributed by atoms with Crippen molar-refractivity contribution in [2.75, 3.05) is 5.32 Å². The molecule has 0 radical (unpaired) electrons. The molecular formula is C22H23N5OS. The molecule has 148 valence electrons. The van der Waals surface area contributed by atoms with Crippen LogP contribution in [-0.2, 0) is 0 Å². The lowest BCUT2D eigenvalue weighted by Gasteiger charge is -2.13. The van der Waals surface area contributed by atoms with E-state index in [9.17, 15) is 4.79 Å². The number of fused-ring (bicyclic) bond motifs is 1. The van der Waals surface area contributed by atoms with Crippen LogP contribution < -0.4 is 5.32 Å². The Morgan fingerprint density at radius 1 is 1.17 bits per heavy atom. The Balaban J connectivity index is 1.85. The minimum absolute atomic E-state index is 0.139. The summed E-state index contributed by atoms with van der Waals surface area (Å²) < 4.78 is 1.85. The molecule has 0 aromatic carbocycles. The van der Waals surface area contributed by atoms with Gasteiger partial charge in [-0.1, -0.05) is 6.07 Å². The number of anilines is 1. The molecule has 4 aromatic rings. The summed E-state index contributed by atoms with van der Waals surface area (Å²) in [5, 5.41) is 10.3. The average Bonchev–Trinajstić information content (AvgIpc) is 3.33. The first-order valence-electron chi connectivity index (χ1n) is 9.53. The summed E-state index contributed by atoms with van der Waals surface area (Å²) in [6.45, 7) is 9.94. The highest BCUT2D eigenvalue weighted by Crippen LogP contribution is 2.30. The number of thiophene rings is 1. The lowest BCUT2D eigenvalue weighted by Crippen LogP contribution is -2.15. The molecule has 4 aromatic heterocycles. The van der Waals surface area contributed by atoms with Crippen molar-refractivity contribution in [2.24, 2.45) is 0 Å². The van der Waals surface area contributed by atoms with Crippen molar-refractivity contribution in [1.82, 2.24) is 19.7 Å². The predicted molar refractivity (Wildman–Crippen MR) is 118 cm³/mol. The van der Waals surface area contributed by atoms with E-state index in [0.717, 1.165) is 38.6 Å². The molecule has 29 heavy (non-hydrogen) atoms. The topological polar surface area (TPSA) is 72.7 Å². The van der Waals surface area contributed by atoms with Crippen LogP contribution in [0.1, 0.15) is 47.2 Å². The second-order valence-corrected chi connectivity index (χ2v) is 8.40. The van der Waals surface area contributed by atoms with Crippen LogP contribution in [-0.4, -0.2) is 25.7 Å². The van der Waals surface area contributed by atoms with Gasteiger partial charge in [0.15, 0.2) is 5.65 Å². The fraction of sp³-hybridized carbons (Fsp3) is 0.273. The summed E-state index contributed by atoms with van der Waals surface area (Å²) in [6.07, 6.45) is 1.72. The van der Waals surface area contributed by atoms with Crippen molar-refractivity contribution in [3.8, 4) is 10.6 Å². The molecule has 7 heteroatoms. The highest BCUT2D eigenvalue weighted by atomic mass is 32.1. The molecule has 0 aliphatic carbocycles. The third kappa shape index (κ3) is 3.53. The number of hydrogen-bond acceptors (Lipinski definition) is 5. The number of hydrogen-bond donors (Lipinski definition) is 1. The molecule has 0 spiro atoms. The Hall–Kier alpha value is -3.06. The number of aryl methyl sites for hydroxylation is 3. The van der Waals surface area contributed by atoms with Crippen LogP contribution in [0.5, 0.6) is 0 Å². The van der Waals surface area contributed by atoms with Crippen LogP contribution in [0.2, 0.25) is 0 Å². The highest BCUT2D eigenvalue weighted by molar-refractivity contribution is 7.13. The van der Waals surface area contributed by atoms with E-state index in [1.54, 1.807) is 17.5 Å². The smallest absolute Gasteiger partial charge is 0.256 e. The van der Waals surface area contributed by atoms with Gasteiger partial charge in [-0.2, -0.15) is 5.10 Å². The minimum atomic E-state index is -0.185. The maximum atomic E-state index is 13.3. The van der Waals surface area contributed by atoms with E-state index in [1.165, 1.54) is 0 Å². The zero-order valence-corrected chi connectivity index (χ0v) is 18.0. The van der Waals surface area contributed by atoms with E-state index in [-0.39, 0.29) is 11.9 Å². The Bertz CT molecular complexity index is 1180. The quantitative estimate of drug-likeness (QED) is 0.499. The molecule has 0 unspecified atom stereocenters. The third-order valence-electron chi connectivity index (χ3n) is 4.84. The molecule has 0 saturated carbocycles. The first-order valence-corrected chi connectivity index (χ1v) is 10.4. The van der Waals surface area contributed by atoms with E-state index < -0.39 is 0 Å². The first kappa shape index (κ1) is 19.3. The average molecular weight is 406 g/mol. The van der Waals surface area contributed by atoms with Gasteiger partial charge in [0.1, 0.15) is 0 Å². The van der Waals surface area contributed by atoms with Crippen molar-refractivity contribution in [2.45, 2.75) is 40.7 Å². The van der Waals surface area contributed by atoms with Crippen LogP contribution in [0.3, 0.4) is 0 Å². The predicted octanol–water partition coefficient (Wildman–Crippen LogP) is 5.31. The number of nitrogens with one attached hydrogen (secondary N) is 1. The number of carbonyl (C=O) groups is 1. The second-order valence-electron chi connectivity index (χ2n) is 7.45. The minimum Gasteiger partial charge on any atom is -0.320 e. The Morgan fingerprint density at radius 3 is 2.62 bits per heavy atom. The van der Waals surface area contributed by atoms with Crippen molar-refractivity contribution in [3.05, 3.63) is 58.4 Å². The van der Waals surface area contributed by atoms with Gasteiger partial charge in [-0.3, -0.25) is 9.78 Å². The van der Waals surface area contributed by atoms with Gasteiger partial charge in [-0.05, 0) is 63.8 Å². The van der Waals surface area contributed by atoms with Crippen molar-refractivity contribution >= 4 is 34.0 Å². The summed E-state index contributed by atoms with van der Waals surface area (Å²) in [5.41, 5.74) is 5.52. The molecule has 1 amide bonds. The maximum absolute atomic E-state index is 13.3. The van der Waals surface area contributed by atoms with E-state index >= 15 is 0 Å². The zero-order chi connectivity index (χ0) is 20.7. The number of carbonyl (C=O) groups excluding carboxylic acids is 1. The van der Waals surface area contributed by atoms with Gasteiger partial charge in [0.2, 0.25) is 0 Å². The van der Waals surface area contributed by atoms with Gasteiger partial charge in [0.05, 0.1) is 39.1 Å². The molecule has 0 aliphatic heterocycles. The monoisotopic (exact) mass is 405 g/mol. The molecule has 0 atom stereocenters. The molecule has 0 bridgehead atoms. The lowest BCUT2D eigenvalue weighted by molar-refractivity contribution is 0.102. The molecule has 6 nitrogen and oxygen atoms in total. The standard InChI is InChI=1S/C22H23N5OS/c1-12(2)27-21-17(11-23-27)16(10-18(25-21)19-7-6-8-29-19)22(28)26-20-13(3)9-14(4)24-15(20)5/h6-12H,1-5H3,(H,26,28). The second kappa shape index (κ2) is 7.40. The first-order chi connectivity index (χ1) is 13.8. The van der Waals surface area contributed by atoms with Crippen LogP contribution in [0.15, 0.2) is 35.8 Å². The fourth-order valence-corrected chi connectivity index (χ4v) is 4.21. The molecule has 0 saturated heterocycles. The lowest BCUT2D eigenvalue weighted by atomic mass is 10.1. The number of pyridine rings is 2. The van der Waals surface area contributed by atoms with Gasteiger partial charge in [-0.15, -0.1) is 11.3 Å². The van der Waals surface area contributed by atoms with Gasteiger partial charge in [-0.25, -0.2) is 9.67 Å². The van der Waals surface area contributed by atoms with Gasteiger partial charge >= 0.3 is 0 Å². The van der Waals surface area contributed by atoms with E-state index in [1.807, 2.05) is 55.1 Å². The molecule has 4 heterocycles. The SMILES string of the molecule is Cc1cc(C)c(NC(=O)c2cc(-c3cccs3)nc3c2cnn3C(C)C)c(C)n1. The summed E-state index contributed by atoms with van der Waals surface area (Å²) in [4.78, 5) is 23.6. The summed E-state index contributed by atoms with van der Waals surface area (Å²) >= 11 is 1.60. The van der Waals surface area contributed by atoms with E-state index in [4.69, 9.17) is 4.98 Å². The molecule has 0 fully saturated rings. The van der Waals surface area contributed by atoms with Crippen LogP contribution >= 0.6 is 11.3 Å². The number of rotatable bonds is 4. The Morgan fingerprint density at radius 2 is 1.97 bits per heavy atom. The molecular weight excluding hydrogens is 382 g/mol. The van der Waals surface area contributed by atoms with Crippen molar-refractivity contribution in [1.29, 1.82) is 0 Å². The normalized spacial score (nSPS) is 11.4. The summed E-state index contributed by atoms with van der Waals surface area (Å²) in [5.74, 6) is -0.185. The van der Waals surface area contributed by atoms with Crippen LogP contribution in [0, 0.1) is 20.8 Å². The Labute approximate surface area is 173 Å². The third-order valence-corrected chi connectivity index (χ3v) is 5.73. The van der Waals surface area contributed by atoms with Gasteiger partial charge < -0.3 is 5.32 Å². The highest BCUT2D eigenvalue weighted by Gasteiger charge is 2.20. The van der Waals surface area contributed by atoms with E-state index in [2.05, 4.69) is 29.2 Å². The number of nitrogens with zero attached hydrogens (tertiary/aromatic N) is 4. The van der Waals surface area contributed by atoms with Crippen molar-refractivity contribution < 1.29 is 4.79 Å². The fourth-order valence-electron chi connectivity index (χ4n) is 3.53. The van der Waals surface area contributed by atoms with Gasteiger partial charge in [0, 0.05) is 11.7 Å². The number of amides is 1. The molecule has 4 rings (SSSR count). The summed E-state index contributed by atoms with van der Waals surface area (Å²) in [7, 11) is 0. The zero-order valence-electron chi connectivity index (χ0n) is 17.1. The Kier molecular flexibility index (Phi) is 4.92. The molecule has 0 aliphatic rings. The largest absolute Gasteiger partial charge is 0.320 e. The van der Waals surface area contributed by atoms with Gasteiger partial charge in [0.25, 0.3) is 5.91 Å². The molecule has 1 N–H and O–H groups in total. The summed E-state index contributed by atoms with van der Waals surface area (Å²) in [6, 6.07) is 7.95. The van der Waals surface area contributed by atoms with E-state index in [0.29, 0.717) is 11.2 Å². The van der Waals surface area contributed by atoms with Crippen LogP contribution in [0.4, 0.5) is 5.69 Å².